The summed E-state index contributed by atoms with van der Waals surface area (Å²) in [4.78, 5) is 16.1. The van der Waals surface area contributed by atoms with Crippen molar-refractivity contribution in [2.24, 2.45) is 0 Å². The van der Waals surface area contributed by atoms with Crippen LogP contribution in [0.1, 0.15) is 26.2 Å². The number of rotatable bonds is 8. The average molecular weight is 386 g/mol. The van der Waals surface area contributed by atoms with Gasteiger partial charge in [-0.05, 0) is 18.6 Å². The van der Waals surface area contributed by atoms with E-state index in [0.29, 0.717) is 38.4 Å². The van der Waals surface area contributed by atoms with Crippen LogP contribution in [0.15, 0.2) is 24.3 Å². The number of carbonyl (C=O) groups is 1. The number of unbranched alkanes of at least 4 members (excludes halogenated alkanes) is 2. The van der Waals surface area contributed by atoms with Gasteiger partial charge in [-0.25, -0.2) is 12.8 Å². The van der Waals surface area contributed by atoms with E-state index in [1.54, 1.807) is 23.1 Å². The van der Waals surface area contributed by atoms with Crippen LogP contribution in [0, 0.1) is 5.82 Å². The fourth-order valence-electron chi connectivity index (χ4n) is 3.06. The highest BCUT2D eigenvalue weighted by atomic mass is 32.2. The minimum atomic E-state index is -3.41. The highest BCUT2D eigenvalue weighted by molar-refractivity contribution is 7.88. The quantitative estimate of drug-likeness (QED) is 0.642. The Morgan fingerprint density at radius 2 is 1.81 bits per heavy atom. The summed E-state index contributed by atoms with van der Waals surface area (Å²) in [5.41, 5.74) is 0.539. The first-order chi connectivity index (χ1) is 12.3. The normalized spacial score (nSPS) is 15.5. The first-order valence-electron chi connectivity index (χ1n) is 9.05. The van der Waals surface area contributed by atoms with Crippen LogP contribution < -0.4 is 4.90 Å². The van der Waals surface area contributed by atoms with Crippen LogP contribution in [0.4, 0.5) is 10.1 Å². The van der Waals surface area contributed by atoms with Crippen LogP contribution >= 0.6 is 0 Å². The Hall–Kier alpha value is -1.67. The molecule has 1 aromatic rings. The van der Waals surface area contributed by atoms with Crippen LogP contribution in [-0.2, 0) is 14.8 Å². The Bertz CT molecular complexity index is 703. The second-order valence-electron chi connectivity index (χ2n) is 6.62. The zero-order valence-corrected chi connectivity index (χ0v) is 16.3. The van der Waals surface area contributed by atoms with Crippen molar-refractivity contribution in [2.75, 3.05) is 50.4 Å². The second kappa shape index (κ2) is 9.32. The molecule has 2 rings (SSSR count). The van der Waals surface area contributed by atoms with Crippen LogP contribution in [-0.4, -0.2) is 69.1 Å². The number of hydrogen-bond acceptors (Lipinski definition) is 4. The van der Waals surface area contributed by atoms with E-state index in [1.165, 1.54) is 10.4 Å². The molecule has 146 valence electrons. The Balaban J connectivity index is 1.91. The molecular formula is C18H28FN3O3S. The molecule has 1 saturated heterocycles. The van der Waals surface area contributed by atoms with Gasteiger partial charge in [-0.15, -0.1) is 0 Å². The molecule has 1 heterocycles. The largest absolute Gasteiger partial charge is 0.366 e. The van der Waals surface area contributed by atoms with E-state index in [-0.39, 0.29) is 18.3 Å². The molecule has 1 aliphatic heterocycles. The summed E-state index contributed by atoms with van der Waals surface area (Å²) >= 11 is 0. The first-order valence-corrected chi connectivity index (χ1v) is 10.9. The third-order valence-corrected chi connectivity index (χ3v) is 5.87. The fourth-order valence-corrected chi connectivity index (χ4v) is 3.86. The number of para-hydroxylation sites is 1. The van der Waals surface area contributed by atoms with E-state index in [0.717, 1.165) is 25.5 Å². The lowest BCUT2D eigenvalue weighted by molar-refractivity contribution is -0.131. The smallest absolute Gasteiger partial charge is 0.238 e. The van der Waals surface area contributed by atoms with Gasteiger partial charge < -0.3 is 9.80 Å². The van der Waals surface area contributed by atoms with Gasteiger partial charge in [0, 0.05) is 32.7 Å². The van der Waals surface area contributed by atoms with Gasteiger partial charge in [0.25, 0.3) is 0 Å². The zero-order valence-electron chi connectivity index (χ0n) is 15.5. The van der Waals surface area contributed by atoms with E-state index in [9.17, 15) is 17.6 Å². The Morgan fingerprint density at radius 3 is 2.38 bits per heavy atom. The number of benzene rings is 1. The average Bonchev–Trinajstić information content (AvgIpc) is 2.60. The monoisotopic (exact) mass is 385 g/mol. The molecule has 0 atom stereocenters. The lowest BCUT2D eigenvalue weighted by atomic mass is 10.2. The SMILES string of the molecule is CCCCCN(CC(=O)N1CCN(c2ccccc2F)CC1)S(C)(=O)=O. The molecule has 6 nitrogen and oxygen atoms in total. The summed E-state index contributed by atoms with van der Waals surface area (Å²) in [6.45, 7) is 4.27. The molecule has 0 aromatic heterocycles. The number of hydrogen-bond donors (Lipinski definition) is 0. The zero-order chi connectivity index (χ0) is 19.2. The van der Waals surface area contributed by atoms with Crippen molar-refractivity contribution in [1.29, 1.82) is 0 Å². The maximum atomic E-state index is 13.9. The summed E-state index contributed by atoms with van der Waals surface area (Å²) < 4.78 is 39.0. The van der Waals surface area contributed by atoms with Gasteiger partial charge in [0.2, 0.25) is 15.9 Å². The summed E-state index contributed by atoms with van der Waals surface area (Å²) in [5, 5.41) is 0. The van der Waals surface area contributed by atoms with Gasteiger partial charge in [0.15, 0.2) is 0 Å². The van der Waals surface area contributed by atoms with Crippen LogP contribution in [0.3, 0.4) is 0 Å². The van der Waals surface area contributed by atoms with Gasteiger partial charge in [0.1, 0.15) is 5.82 Å². The van der Waals surface area contributed by atoms with Crippen molar-refractivity contribution in [2.45, 2.75) is 26.2 Å². The number of anilines is 1. The highest BCUT2D eigenvalue weighted by Crippen LogP contribution is 2.20. The molecule has 1 amide bonds. The van der Waals surface area contributed by atoms with Gasteiger partial charge in [-0.1, -0.05) is 31.9 Å². The number of amides is 1. The minimum absolute atomic E-state index is 0.123. The van der Waals surface area contributed by atoms with Crippen molar-refractivity contribution < 1.29 is 17.6 Å². The van der Waals surface area contributed by atoms with Gasteiger partial charge in [0.05, 0.1) is 18.5 Å². The summed E-state index contributed by atoms with van der Waals surface area (Å²) in [6.07, 6.45) is 3.81. The molecule has 0 spiro atoms. The lowest BCUT2D eigenvalue weighted by Gasteiger charge is -2.37. The van der Waals surface area contributed by atoms with Gasteiger partial charge >= 0.3 is 0 Å². The van der Waals surface area contributed by atoms with E-state index < -0.39 is 10.0 Å². The number of carbonyl (C=O) groups excluding carboxylic acids is 1. The molecule has 0 bridgehead atoms. The maximum Gasteiger partial charge on any atom is 0.238 e. The molecule has 8 heteroatoms. The predicted octanol–water partition coefficient (Wildman–Crippen LogP) is 1.93. The van der Waals surface area contributed by atoms with Crippen LogP contribution in [0.5, 0.6) is 0 Å². The molecule has 1 aromatic carbocycles. The van der Waals surface area contributed by atoms with Crippen molar-refractivity contribution in [3.63, 3.8) is 0 Å². The predicted molar refractivity (Wildman–Crippen MR) is 101 cm³/mol. The molecule has 26 heavy (non-hydrogen) atoms. The van der Waals surface area contributed by atoms with E-state index in [2.05, 4.69) is 0 Å². The lowest BCUT2D eigenvalue weighted by Crippen LogP contribution is -2.52. The van der Waals surface area contributed by atoms with Crippen LogP contribution in [0.2, 0.25) is 0 Å². The highest BCUT2D eigenvalue weighted by Gasteiger charge is 2.26. The molecular weight excluding hydrogens is 357 g/mol. The molecule has 1 aliphatic rings. The standard InChI is InChI=1S/C18H28FN3O3S/c1-3-4-7-10-22(26(2,24)25)15-18(23)21-13-11-20(12-14-21)17-9-6-5-8-16(17)19/h5-6,8-9H,3-4,7,10-15H2,1-2H3. The number of halogens is 1. The fraction of sp³-hybridized carbons (Fsp3) is 0.611. The van der Waals surface area contributed by atoms with Crippen molar-refractivity contribution >= 4 is 21.6 Å². The van der Waals surface area contributed by atoms with E-state index in [1.807, 2.05) is 11.8 Å². The molecule has 0 saturated carbocycles. The molecule has 1 fully saturated rings. The third-order valence-electron chi connectivity index (χ3n) is 4.62. The second-order valence-corrected chi connectivity index (χ2v) is 8.61. The van der Waals surface area contributed by atoms with E-state index in [4.69, 9.17) is 0 Å². The Morgan fingerprint density at radius 1 is 1.15 bits per heavy atom. The topological polar surface area (TPSA) is 60.9 Å². The number of sulfonamides is 1. The summed E-state index contributed by atoms with van der Waals surface area (Å²) in [7, 11) is -3.41. The maximum absolute atomic E-state index is 13.9. The molecule has 0 unspecified atom stereocenters. The molecule has 0 N–H and O–H groups in total. The van der Waals surface area contributed by atoms with E-state index >= 15 is 0 Å². The van der Waals surface area contributed by atoms with Crippen molar-refractivity contribution in [3.05, 3.63) is 30.1 Å². The Labute approximate surface area is 155 Å². The summed E-state index contributed by atoms with van der Waals surface area (Å²) in [5.74, 6) is -0.466. The summed E-state index contributed by atoms with van der Waals surface area (Å²) in [6, 6.07) is 6.59. The number of piperazine rings is 1. The Kier molecular flexibility index (Phi) is 7.40. The van der Waals surface area contributed by atoms with Gasteiger partial charge in [-0.3, -0.25) is 4.79 Å². The first kappa shape index (κ1) is 20.6. The van der Waals surface area contributed by atoms with Gasteiger partial charge in [-0.2, -0.15) is 4.31 Å². The van der Waals surface area contributed by atoms with Crippen molar-refractivity contribution in [3.8, 4) is 0 Å². The third kappa shape index (κ3) is 5.67. The molecule has 0 aliphatic carbocycles. The van der Waals surface area contributed by atoms with Crippen molar-refractivity contribution in [1.82, 2.24) is 9.21 Å². The minimum Gasteiger partial charge on any atom is -0.366 e. The number of nitrogens with zero attached hydrogens (tertiary/aromatic N) is 3. The molecule has 0 radical (unpaired) electrons. The van der Waals surface area contributed by atoms with Crippen LogP contribution in [0.25, 0.3) is 0 Å².